The summed E-state index contributed by atoms with van der Waals surface area (Å²) in [7, 11) is 0. The van der Waals surface area contributed by atoms with Crippen molar-refractivity contribution in [3.05, 3.63) is 33.1 Å². The Balaban J connectivity index is 2.84. The van der Waals surface area contributed by atoms with Gasteiger partial charge in [-0.25, -0.2) is 4.98 Å². The van der Waals surface area contributed by atoms with Crippen LogP contribution in [0.5, 0.6) is 0 Å². The average molecular weight is 302 g/mol. The van der Waals surface area contributed by atoms with E-state index in [4.69, 9.17) is 16.7 Å². The van der Waals surface area contributed by atoms with E-state index in [0.717, 1.165) is 12.3 Å². The fraction of sp³-hybridized carbons (Fsp3) is 0.364. The lowest BCUT2D eigenvalue weighted by Gasteiger charge is -2.11. The summed E-state index contributed by atoms with van der Waals surface area (Å²) in [5, 5.41) is 21.6. The second kappa shape index (κ2) is 6.80. The highest BCUT2D eigenvalue weighted by Crippen LogP contribution is 2.19. The van der Waals surface area contributed by atoms with Gasteiger partial charge in [0.05, 0.1) is 16.4 Å². The fourth-order valence-electron chi connectivity index (χ4n) is 1.41. The Morgan fingerprint density at radius 2 is 2.25 bits per heavy atom. The van der Waals surface area contributed by atoms with E-state index in [1.54, 1.807) is 6.92 Å². The number of amides is 1. The van der Waals surface area contributed by atoms with E-state index in [9.17, 15) is 19.7 Å². The molecule has 1 unspecified atom stereocenters. The minimum Gasteiger partial charge on any atom is -0.481 e. The molecule has 2 N–H and O–H groups in total. The van der Waals surface area contributed by atoms with Gasteiger partial charge < -0.3 is 10.4 Å². The Bertz CT molecular complexity index is 549. The maximum absolute atomic E-state index is 11.8. The van der Waals surface area contributed by atoms with Gasteiger partial charge in [-0.2, -0.15) is 0 Å². The second-order valence-corrected chi connectivity index (χ2v) is 4.30. The maximum atomic E-state index is 11.8. The number of nitro groups is 1. The number of aromatic nitrogens is 1. The number of hydrogen-bond donors (Lipinski definition) is 2. The van der Waals surface area contributed by atoms with E-state index in [1.165, 1.54) is 0 Å². The topological polar surface area (TPSA) is 122 Å². The summed E-state index contributed by atoms with van der Waals surface area (Å²) in [5.74, 6) is -2.47. The molecule has 1 amide bonds. The van der Waals surface area contributed by atoms with Gasteiger partial charge in [0, 0.05) is 12.6 Å². The summed E-state index contributed by atoms with van der Waals surface area (Å²) in [6.45, 7) is 1.58. The third-order valence-electron chi connectivity index (χ3n) is 2.63. The van der Waals surface area contributed by atoms with Gasteiger partial charge in [-0.1, -0.05) is 18.5 Å². The minimum atomic E-state index is -1.03. The summed E-state index contributed by atoms with van der Waals surface area (Å²) in [6, 6.07) is 0.992. The molecule has 20 heavy (non-hydrogen) atoms. The fourth-order valence-corrected chi connectivity index (χ4v) is 1.60. The first-order valence-corrected chi connectivity index (χ1v) is 6.05. The molecule has 0 saturated carbocycles. The first-order valence-electron chi connectivity index (χ1n) is 5.67. The first kappa shape index (κ1) is 15.8. The van der Waals surface area contributed by atoms with Gasteiger partial charge >= 0.3 is 5.97 Å². The zero-order chi connectivity index (χ0) is 15.3. The molecule has 9 heteroatoms. The molecule has 0 aliphatic carbocycles. The Hall–Kier alpha value is -2.22. The molecule has 0 aliphatic rings. The van der Waals surface area contributed by atoms with E-state index in [0.29, 0.717) is 6.42 Å². The zero-order valence-electron chi connectivity index (χ0n) is 10.5. The third kappa shape index (κ3) is 3.89. The summed E-state index contributed by atoms with van der Waals surface area (Å²) in [6.07, 6.45) is 1.28. The van der Waals surface area contributed by atoms with Gasteiger partial charge in [0.2, 0.25) is 0 Å². The molecule has 0 bridgehead atoms. The van der Waals surface area contributed by atoms with E-state index in [2.05, 4.69) is 10.3 Å². The number of hydrogen-bond acceptors (Lipinski definition) is 5. The van der Waals surface area contributed by atoms with Crippen LogP contribution in [0.4, 0.5) is 5.69 Å². The number of carboxylic acids is 1. The van der Waals surface area contributed by atoms with Crippen molar-refractivity contribution in [2.45, 2.75) is 13.3 Å². The third-order valence-corrected chi connectivity index (χ3v) is 2.93. The molecule has 1 aromatic heterocycles. The van der Waals surface area contributed by atoms with Crippen LogP contribution in [0.1, 0.15) is 23.7 Å². The highest BCUT2D eigenvalue weighted by atomic mass is 35.5. The molecule has 8 nitrogen and oxygen atoms in total. The number of carboxylic acid groups (broad SMARTS) is 1. The lowest BCUT2D eigenvalue weighted by atomic mass is 10.1. The average Bonchev–Trinajstić information content (AvgIpc) is 2.38. The Morgan fingerprint density at radius 1 is 1.60 bits per heavy atom. The van der Waals surface area contributed by atoms with Gasteiger partial charge in [0.25, 0.3) is 11.6 Å². The number of carbonyl (C=O) groups excluding carboxylic acids is 1. The molecule has 108 valence electrons. The minimum absolute atomic E-state index is 0.0936. The van der Waals surface area contributed by atoms with Crippen LogP contribution in [0, 0.1) is 16.0 Å². The van der Waals surface area contributed by atoms with Crippen LogP contribution < -0.4 is 5.32 Å². The number of aliphatic carboxylic acids is 1. The van der Waals surface area contributed by atoms with Crippen molar-refractivity contribution in [1.29, 1.82) is 0 Å². The Kier molecular flexibility index (Phi) is 5.39. The summed E-state index contributed by atoms with van der Waals surface area (Å²) < 4.78 is 0. The molecule has 1 aromatic rings. The predicted octanol–water partition coefficient (Wildman–Crippen LogP) is 1.48. The van der Waals surface area contributed by atoms with Gasteiger partial charge in [-0.05, 0) is 6.42 Å². The van der Waals surface area contributed by atoms with Crippen molar-refractivity contribution in [3.8, 4) is 0 Å². The molecule has 0 spiro atoms. The normalized spacial score (nSPS) is 11.7. The number of nitrogens with zero attached hydrogens (tertiary/aromatic N) is 2. The summed E-state index contributed by atoms with van der Waals surface area (Å²) >= 11 is 5.70. The van der Waals surface area contributed by atoms with E-state index >= 15 is 0 Å². The van der Waals surface area contributed by atoms with Gasteiger partial charge in [-0.3, -0.25) is 19.7 Å². The first-order chi connectivity index (χ1) is 9.36. The summed E-state index contributed by atoms with van der Waals surface area (Å²) in [5.41, 5.74) is -0.536. The van der Waals surface area contributed by atoms with Crippen LogP contribution in [0.3, 0.4) is 0 Å². The number of rotatable bonds is 6. The smallest absolute Gasteiger partial charge is 0.308 e. The molecule has 0 saturated heterocycles. The van der Waals surface area contributed by atoms with Crippen LogP contribution in [0.25, 0.3) is 0 Å². The number of halogens is 1. The van der Waals surface area contributed by atoms with Crippen LogP contribution >= 0.6 is 11.6 Å². The van der Waals surface area contributed by atoms with Crippen LogP contribution in [0.15, 0.2) is 12.3 Å². The van der Waals surface area contributed by atoms with Crippen molar-refractivity contribution in [2.24, 2.45) is 5.92 Å². The van der Waals surface area contributed by atoms with Crippen LogP contribution in [-0.4, -0.2) is 33.4 Å². The van der Waals surface area contributed by atoms with Gasteiger partial charge in [0.1, 0.15) is 11.3 Å². The Labute approximate surface area is 118 Å². The van der Waals surface area contributed by atoms with E-state index in [1.807, 2.05) is 0 Å². The van der Waals surface area contributed by atoms with E-state index in [-0.39, 0.29) is 22.9 Å². The molecule has 0 aliphatic heterocycles. The maximum Gasteiger partial charge on any atom is 0.308 e. The number of nitrogens with one attached hydrogen (secondary N) is 1. The summed E-state index contributed by atoms with van der Waals surface area (Å²) in [4.78, 5) is 36.1. The molecular formula is C11H12ClN3O5. The molecular weight excluding hydrogens is 290 g/mol. The molecule has 0 aromatic carbocycles. The van der Waals surface area contributed by atoms with E-state index < -0.39 is 22.7 Å². The predicted molar refractivity (Wildman–Crippen MR) is 69.7 cm³/mol. The number of pyridine rings is 1. The standard InChI is InChI=1S/C11H12ClN3O5/c1-2-6(11(17)18)4-14-10(16)8-3-7(15(19)20)5-13-9(8)12/h3,5-6H,2,4H2,1H3,(H,14,16)(H,17,18). The van der Waals surface area contributed by atoms with Crippen LogP contribution in [-0.2, 0) is 4.79 Å². The van der Waals surface area contributed by atoms with Crippen molar-refractivity contribution < 1.29 is 19.6 Å². The lowest BCUT2D eigenvalue weighted by molar-refractivity contribution is -0.385. The van der Waals surface area contributed by atoms with Crippen LogP contribution in [0.2, 0.25) is 5.15 Å². The quantitative estimate of drug-likeness (QED) is 0.466. The molecule has 0 fully saturated rings. The van der Waals surface area contributed by atoms with Crippen molar-refractivity contribution in [3.63, 3.8) is 0 Å². The zero-order valence-corrected chi connectivity index (χ0v) is 11.3. The molecule has 1 rings (SSSR count). The van der Waals surface area contributed by atoms with Gasteiger partial charge in [-0.15, -0.1) is 0 Å². The van der Waals surface area contributed by atoms with Crippen molar-refractivity contribution in [1.82, 2.24) is 10.3 Å². The SMILES string of the molecule is CCC(CNC(=O)c1cc([N+](=O)[O-])cnc1Cl)C(=O)O. The largest absolute Gasteiger partial charge is 0.481 e. The molecule has 0 radical (unpaired) electrons. The highest BCUT2D eigenvalue weighted by molar-refractivity contribution is 6.32. The van der Waals surface area contributed by atoms with Gasteiger partial charge in [0.15, 0.2) is 0 Å². The monoisotopic (exact) mass is 301 g/mol. The number of carbonyl (C=O) groups is 2. The Morgan fingerprint density at radius 3 is 2.75 bits per heavy atom. The van der Waals surface area contributed by atoms with Crippen molar-refractivity contribution >= 4 is 29.2 Å². The lowest BCUT2D eigenvalue weighted by Crippen LogP contribution is -2.32. The molecule has 1 heterocycles. The molecule has 1 atom stereocenters. The van der Waals surface area contributed by atoms with Crippen molar-refractivity contribution in [2.75, 3.05) is 6.54 Å². The highest BCUT2D eigenvalue weighted by Gasteiger charge is 2.20. The second-order valence-electron chi connectivity index (χ2n) is 3.94.